The lowest BCUT2D eigenvalue weighted by molar-refractivity contribution is 0.523. The molecule has 2 aromatic rings. The van der Waals surface area contributed by atoms with Crippen molar-refractivity contribution >= 4 is 15.9 Å². The zero-order chi connectivity index (χ0) is 14.4. The lowest BCUT2D eigenvalue weighted by Crippen LogP contribution is -2.24. The Hall–Kier alpha value is -1.19. The van der Waals surface area contributed by atoms with Crippen LogP contribution in [0.4, 0.5) is 0 Å². The minimum Gasteiger partial charge on any atom is -0.310 e. The van der Waals surface area contributed by atoms with Gasteiger partial charge < -0.3 is 5.32 Å². The highest BCUT2D eigenvalue weighted by atomic mass is 79.9. The Morgan fingerprint density at radius 2 is 2.10 bits per heavy atom. The number of nitrogens with one attached hydrogen (secondary N) is 1. The monoisotopic (exact) mass is 332 g/mol. The number of hydrogen-bond donors (Lipinski definition) is 1. The van der Waals surface area contributed by atoms with E-state index in [1.807, 2.05) is 12.3 Å². The molecule has 0 radical (unpaired) electrons. The molecule has 1 aromatic heterocycles. The standard InChI is InChI=1S/C17H21BrN2/c1-3-9-19-17(14-7-4-8-15(18)11-14)12-16-13(2)6-5-10-20-16/h4-8,10-11,17,19H,3,9,12H2,1-2H3. The molecule has 1 N–H and O–H groups in total. The number of aryl methyl sites for hydroxylation is 1. The van der Waals surface area contributed by atoms with Crippen LogP contribution in [-0.2, 0) is 6.42 Å². The Balaban J connectivity index is 2.21. The third-order valence-electron chi connectivity index (χ3n) is 3.41. The molecule has 0 spiro atoms. The quantitative estimate of drug-likeness (QED) is 0.846. The first-order chi connectivity index (χ1) is 9.70. The van der Waals surface area contributed by atoms with Gasteiger partial charge in [0.1, 0.15) is 0 Å². The zero-order valence-electron chi connectivity index (χ0n) is 12.1. The smallest absolute Gasteiger partial charge is 0.0451 e. The molecule has 1 heterocycles. The molecule has 0 amide bonds. The Morgan fingerprint density at radius 1 is 1.25 bits per heavy atom. The van der Waals surface area contributed by atoms with E-state index in [0.717, 1.165) is 23.9 Å². The summed E-state index contributed by atoms with van der Waals surface area (Å²) in [7, 11) is 0. The van der Waals surface area contributed by atoms with Gasteiger partial charge in [0, 0.05) is 28.8 Å². The lowest BCUT2D eigenvalue weighted by atomic mass is 9.99. The van der Waals surface area contributed by atoms with Gasteiger partial charge in [0.25, 0.3) is 0 Å². The van der Waals surface area contributed by atoms with Gasteiger partial charge in [-0.2, -0.15) is 0 Å². The second-order valence-corrected chi connectivity index (χ2v) is 5.95. The van der Waals surface area contributed by atoms with Crippen LogP contribution >= 0.6 is 15.9 Å². The highest BCUT2D eigenvalue weighted by Gasteiger charge is 2.13. The van der Waals surface area contributed by atoms with Crippen LogP contribution in [0.5, 0.6) is 0 Å². The molecule has 0 saturated heterocycles. The fourth-order valence-corrected chi connectivity index (χ4v) is 2.69. The molecule has 0 bridgehead atoms. The van der Waals surface area contributed by atoms with Crippen molar-refractivity contribution in [2.75, 3.05) is 6.54 Å². The molecule has 2 rings (SSSR count). The Morgan fingerprint density at radius 3 is 2.80 bits per heavy atom. The maximum absolute atomic E-state index is 4.52. The van der Waals surface area contributed by atoms with E-state index in [2.05, 4.69) is 70.4 Å². The summed E-state index contributed by atoms with van der Waals surface area (Å²) in [4.78, 5) is 4.52. The summed E-state index contributed by atoms with van der Waals surface area (Å²) in [5, 5.41) is 3.63. The van der Waals surface area contributed by atoms with Gasteiger partial charge in [-0.1, -0.05) is 41.1 Å². The Bertz CT molecular complexity index is 554. The third-order valence-corrected chi connectivity index (χ3v) is 3.90. The summed E-state index contributed by atoms with van der Waals surface area (Å²) >= 11 is 3.56. The van der Waals surface area contributed by atoms with Crippen LogP contribution in [0, 0.1) is 6.92 Å². The largest absolute Gasteiger partial charge is 0.310 e. The molecule has 20 heavy (non-hydrogen) atoms. The summed E-state index contributed by atoms with van der Waals surface area (Å²) in [6.07, 6.45) is 3.93. The van der Waals surface area contributed by atoms with Crippen LogP contribution in [0.3, 0.4) is 0 Å². The van der Waals surface area contributed by atoms with Crippen LogP contribution in [0.1, 0.15) is 36.2 Å². The molecule has 0 aliphatic heterocycles. The van der Waals surface area contributed by atoms with Gasteiger partial charge in [-0.3, -0.25) is 4.98 Å². The van der Waals surface area contributed by atoms with E-state index in [1.54, 1.807) is 0 Å². The summed E-state index contributed by atoms with van der Waals surface area (Å²) < 4.78 is 1.12. The average Bonchev–Trinajstić information content (AvgIpc) is 2.45. The Labute approximate surface area is 129 Å². The molecule has 3 heteroatoms. The van der Waals surface area contributed by atoms with Crippen molar-refractivity contribution in [2.24, 2.45) is 0 Å². The summed E-state index contributed by atoms with van der Waals surface area (Å²) in [5.41, 5.74) is 3.73. The van der Waals surface area contributed by atoms with E-state index in [9.17, 15) is 0 Å². The highest BCUT2D eigenvalue weighted by molar-refractivity contribution is 9.10. The van der Waals surface area contributed by atoms with Crippen LogP contribution < -0.4 is 5.32 Å². The third kappa shape index (κ3) is 4.15. The van der Waals surface area contributed by atoms with Crippen molar-refractivity contribution < 1.29 is 0 Å². The highest BCUT2D eigenvalue weighted by Crippen LogP contribution is 2.22. The molecule has 1 atom stereocenters. The number of rotatable bonds is 6. The SMILES string of the molecule is CCCNC(Cc1ncccc1C)c1cccc(Br)c1. The second-order valence-electron chi connectivity index (χ2n) is 5.03. The van der Waals surface area contributed by atoms with Crippen molar-refractivity contribution in [3.05, 3.63) is 63.9 Å². The first-order valence-corrected chi connectivity index (χ1v) is 7.89. The maximum atomic E-state index is 4.52. The molecule has 106 valence electrons. The molecule has 1 unspecified atom stereocenters. The van der Waals surface area contributed by atoms with Gasteiger partial charge in [0.05, 0.1) is 0 Å². The van der Waals surface area contributed by atoms with Gasteiger partial charge in [-0.15, -0.1) is 0 Å². The van der Waals surface area contributed by atoms with Crippen molar-refractivity contribution in [1.82, 2.24) is 10.3 Å². The maximum Gasteiger partial charge on any atom is 0.0451 e. The molecular formula is C17H21BrN2. The summed E-state index contributed by atoms with van der Waals surface area (Å²) in [5.74, 6) is 0. The molecule has 0 aliphatic carbocycles. The van der Waals surface area contributed by atoms with E-state index in [4.69, 9.17) is 0 Å². The summed E-state index contributed by atoms with van der Waals surface area (Å²) in [6.45, 7) is 5.33. The normalized spacial score (nSPS) is 12.3. The van der Waals surface area contributed by atoms with Crippen LogP contribution in [0.2, 0.25) is 0 Å². The number of nitrogens with zero attached hydrogens (tertiary/aromatic N) is 1. The topological polar surface area (TPSA) is 24.9 Å². The van der Waals surface area contributed by atoms with Gasteiger partial charge >= 0.3 is 0 Å². The van der Waals surface area contributed by atoms with E-state index in [0.29, 0.717) is 6.04 Å². The zero-order valence-corrected chi connectivity index (χ0v) is 13.7. The Kier molecular flexibility index (Phi) is 5.74. The van der Waals surface area contributed by atoms with Crippen molar-refractivity contribution in [1.29, 1.82) is 0 Å². The molecule has 0 saturated carbocycles. The van der Waals surface area contributed by atoms with E-state index in [1.165, 1.54) is 16.8 Å². The fourth-order valence-electron chi connectivity index (χ4n) is 2.28. The van der Waals surface area contributed by atoms with E-state index < -0.39 is 0 Å². The van der Waals surface area contributed by atoms with Crippen molar-refractivity contribution in [3.63, 3.8) is 0 Å². The van der Waals surface area contributed by atoms with Crippen molar-refractivity contribution in [3.8, 4) is 0 Å². The number of halogens is 1. The minimum atomic E-state index is 0.307. The fraction of sp³-hybridized carbons (Fsp3) is 0.353. The van der Waals surface area contributed by atoms with Crippen LogP contribution in [-0.4, -0.2) is 11.5 Å². The van der Waals surface area contributed by atoms with Gasteiger partial charge in [0.2, 0.25) is 0 Å². The predicted molar refractivity (Wildman–Crippen MR) is 87.9 cm³/mol. The number of hydrogen-bond acceptors (Lipinski definition) is 2. The lowest BCUT2D eigenvalue weighted by Gasteiger charge is -2.20. The van der Waals surface area contributed by atoms with E-state index in [-0.39, 0.29) is 0 Å². The molecular weight excluding hydrogens is 312 g/mol. The second kappa shape index (κ2) is 7.55. The number of benzene rings is 1. The van der Waals surface area contributed by atoms with Gasteiger partial charge in [0.15, 0.2) is 0 Å². The minimum absolute atomic E-state index is 0.307. The molecule has 1 aromatic carbocycles. The summed E-state index contributed by atoms with van der Waals surface area (Å²) in [6, 6.07) is 12.9. The average molecular weight is 333 g/mol. The van der Waals surface area contributed by atoms with Crippen LogP contribution in [0.15, 0.2) is 47.1 Å². The molecule has 0 aliphatic rings. The first-order valence-electron chi connectivity index (χ1n) is 7.10. The van der Waals surface area contributed by atoms with Gasteiger partial charge in [-0.05, 0) is 49.2 Å². The van der Waals surface area contributed by atoms with Crippen molar-refractivity contribution in [2.45, 2.75) is 32.7 Å². The van der Waals surface area contributed by atoms with E-state index >= 15 is 0 Å². The first kappa shape index (κ1) is 15.2. The molecule has 2 nitrogen and oxygen atoms in total. The number of aromatic nitrogens is 1. The molecule has 0 fully saturated rings. The van der Waals surface area contributed by atoms with Gasteiger partial charge in [-0.25, -0.2) is 0 Å². The predicted octanol–water partition coefficient (Wildman–Crippen LogP) is 4.44. The van der Waals surface area contributed by atoms with Crippen LogP contribution in [0.25, 0.3) is 0 Å². The number of pyridine rings is 1.